The number of aliphatic hydroxyl groups is 1. The van der Waals surface area contributed by atoms with Gasteiger partial charge >= 0.3 is 0 Å². The Balaban J connectivity index is 1.96. The van der Waals surface area contributed by atoms with Gasteiger partial charge in [-0.3, -0.25) is 4.79 Å². The second-order valence-corrected chi connectivity index (χ2v) is 5.00. The summed E-state index contributed by atoms with van der Waals surface area (Å²) < 4.78 is 11.2. The van der Waals surface area contributed by atoms with E-state index in [0.29, 0.717) is 38.9 Å². The molecule has 2 N–H and O–H groups in total. The molecule has 17 heavy (non-hydrogen) atoms. The lowest BCUT2D eigenvalue weighted by molar-refractivity contribution is -0.188. The van der Waals surface area contributed by atoms with Crippen LogP contribution in [0.4, 0.5) is 0 Å². The van der Waals surface area contributed by atoms with Gasteiger partial charge in [0.25, 0.3) is 0 Å². The van der Waals surface area contributed by atoms with Crippen molar-refractivity contribution in [2.75, 3.05) is 25.7 Å². The first kappa shape index (κ1) is 13.1. The first-order chi connectivity index (χ1) is 8.14. The molecule has 2 rings (SSSR count). The van der Waals surface area contributed by atoms with Gasteiger partial charge in [0.1, 0.15) is 5.88 Å². The number of nitrogens with one attached hydrogen (secondary N) is 1. The van der Waals surface area contributed by atoms with Crippen molar-refractivity contribution in [3.05, 3.63) is 0 Å². The maximum Gasteiger partial charge on any atom is 0.235 e. The number of carbonyl (C=O) groups excluding carboxylic acids is 1. The highest BCUT2D eigenvalue weighted by Crippen LogP contribution is 2.40. The molecule has 0 unspecified atom stereocenters. The highest BCUT2D eigenvalue weighted by Gasteiger charge is 2.46. The molecule has 1 spiro atoms. The first-order valence-corrected chi connectivity index (χ1v) is 6.43. The summed E-state index contributed by atoms with van der Waals surface area (Å²) in [4.78, 5) is 11.3. The summed E-state index contributed by atoms with van der Waals surface area (Å²) in [6, 6.07) is 0. The van der Waals surface area contributed by atoms with Gasteiger partial charge in [0.2, 0.25) is 5.91 Å². The van der Waals surface area contributed by atoms with E-state index in [4.69, 9.17) is 21.1 Å². The van der Waals surface area contributed by atoms with Crippen LogP contribution in [0.2, 0.25) is 0 Å². The largest absolute Gasteiger partial charge is 0.394 e. The monoisotopic (exact) mass is 263 g/mol. The number of alkyl halides is 1. The van der Waals surface area contributed by atoms with Crippen molar-refractivity contribution in [3.63, 3.8) is 0 Å². The Morgan fingerprint density at radius 2 is 1.82 bits per heavy atom. The summed E-state index contributed by atoms with van der Waals surface area (Å²) >= 11 is 5.47. The van der Waals surface area contributed by atoms with Crippen LogP contribution in [0.15, 0.2) is 0 Å². The Labute approximate surface area is 105 Å². The van der Waals surface area contributed by atoms with Gasteiger partial charge in [-0.1, -0.05) is 0 Å². The van der Waals surface area contributed by atoms with Crippen molar-refractivity contribution >= 4 is 17.5 Å². The predicted octanol–water partition coefficient (Wildman–Crippen LogP) is 0.390. The van der Waals surface area contributed by atoms with E-state index in [1.54, 1.807) is 0 Å². The molecule has 1 amide bonds. The molecule has 1 saturated heterocycles. The predicted molar refractivity (Wildman–Crippen MR) is 61.8 cm³/mol. The maximum absolute atomic E-state index is 11.3. The lowest BCUT2D eigenvalue weighted by Crippen LogP contribution is -2.56. The Kier molecular flexibility index (Phi) is 3.92. The number of aliphatic hydroxyl groups excluding tert-OH is 1. The number of halogens is 1. The summed E-state index contributed by atoms with van der Waals surface area (Å²) in [5.74, 6) is -0.811. The van der Waals surface area contributed by atoms with Crippen molar-refractivity contribution < 1.29 is 19.4 Å². The molecule has 1 saturated carbocycles. The van der Waals surface area contributed by atoms with E-state index in [2.05, 4.69) is 5.32 Å². The van der Waals surface area contributed by atoms with Gasteiger partial charge < -0.3 is 19.9 Å². The lowest BCUT2D eigenvalue weighted by atomic mass is 9.79. The van der Waals surface area contributed by atoms with Crippen LogP contribution in [0, 0.1) is 0 Å². The third-order valence-corrected chi connectivity index (χ3v) is 3.85. The molecule has 0 aromatic carbocycles. The Morgan fingerprint density at radius 1 is 1.24 bits per heavy atom. The van der Waals surface area contributed by atoms with E-state index in [-0.39, 0.29) is 18.4 Å². The van der Waals surface area contributed by atoms with Gasteiger partial charge in [-0.2, -0.15) is 0 Å². The first-order valence-electron chi connectivity index (χ1n) is 5.89. The van der Waals surface area contributed by atoms with Crippen LogP contribution in [0.3, 0.4) is 0 Å². The van der Waals surface area contributed by atoms with Crippen LogP contribution in [0.1, 0.15) is 25.7 Å². The second-order valence-electron chi connectivity index (χ2n) is 4.73. The van der Waals surface area contributed by atoms with Crippen molar-refractivity contribution in [1.29, 1.82) is 0 Å². The summed E-state index contributed by atoms with van der Waals surface area (Å²) in [6.07, 6.45) is 2.67. The van der Waals surface area contributed by atoms with E-state index >= 15 is 0 Å². The van der Waals surface area contributed by atoms with Gasteiger partial charge in [0.05, 0.1) is 25.4 Å². The molecule has 1 heterocycles. The fourth-order valence-corrected chi connectivity index (χ4v) is 2.61. The molecule has 1 aliphatic heterocycles. The number of hydrogen-bond donors (Lipinski definition) is 2. The minimum Gasteiger partial charge on any atom is -0.394 e. The van der Waals surface area contributed by atoms with E-state index in [9.17, 15) is 9.90 Å². The normalized spacial score (nSPS) is 26.0. The Hall–Kier alpha value is -0.360. The molecule has 0 aromatic rings. The summed E-state index contributed by atoms with van der Waals surface area (Å²) in [7, 11) is 0. The number of ether oxygens (including phenoxy) is 2. The summed E-state index contributed by atoms with van der Waals surface area (Å²) in [5, 5.41) is 12.3. The average molecular weight is 264 g/mol. The fourth-order valence-electron chi connectivity index (χ4n) is 2.55. The van der Waals surface area contributed by atoms with Crippen LogP contribution in [-0.4, -0.2) is 48.0 Å². The molecule has 0 bridgehead atoms. The second kappa shape index (κ2) is 5.10. The molecule has 2 aliphatic rings. The molecule has 98 valence electrons. The minimum absolute atomic E-state index is 0.0777. The average Bonchev–Trinajstić information content (AvgIpc) is 2.81. The highest BCUT2D eigenvalue weighted by atomic mass is 35.5. The lowest BCUT2D eigenvalue weighted by Gasteiger charge is -2.43. The molecule has 0 radical (unpaired) electrons. The topological polar surface area (TPSA) is 67.8 Å². The zero-order valence-electron chi connectivity index (χ0n) is 9.71. The maximum atomic E-state index is 11.3. The van der Waals surface area contributed by atoms with Crippen LogP contribution in [-0.2, 0) is 14.3 Å². The number of amides is 1. The van der Waals surface area contributed by atoms with Crippen molar-refractivity contribution in [2.45, 2.75) is 37.0 Å². The van der Waals surface area contributed by atoms with Crippen LogP contribution in [0.5, 0.6) is 0 Å². The molecule has 6 heteroatoms. The van der Waals surface area contributed by atoms with Gasteiger partial charge in [-0.15, -0.1) is 11.6 Å². The van der Waals surface area contributed by atoms with Gasteiger partial charge in [0, 0.05) is 12.8 Å². The fraction of sp³-hybridized carbons (Fsp3) is 0.909. The molecule has 2 fully saturated rings. The summed E-state index contributed by atoms with van der Waals surface area (Å²) in [6.45, 7) is 1.17. The van der Waals surface area contributed by atoms with Crippen LogP contribution < -0.4 is 5.32 Å². The molecule has 0 atom stereocenters. The quantitative estimate of drug-likeness (QED) is 0.723. The van der Waals surface area contributed by atoms with Crippen molar-refractivity contribution in [2.24, 2.45) is 0 Å². The highest BCUT2D eigenvalue weighted by molar-refractivity contribution is 6.27. The molecular formula is C11H18ClNO4. The molecular weight excluding hydrogens is 246 g/mol. The van der Waals surface area contributed by atoms with E-state index in [0.717, 1.165) is 0 Å². The van der Waals surface area contributed by atoms with E-state index < -0.39 is 11.3 Å². The Morgan fingerprint density at radius 3 is 2.29 bits per heavy atom. The molecule has 1 aliphatic carbocycles. The minimum atomic E-state index is -0.563. The van der Waals surface area contributed by atoms with Crippen molar-refractivity contribution in [3.8, 4) is 0 Å². The SMILES string of the molecule is O=C(CCl)NC1(CO)CCC2(CC1)OCCO2. The van der Waals surface area contributed by atoms with E-state index in [1.807, 2.05) is 0 Å². The van der Waals surface area contributed by atoms with E-state index in [1.165, 1.54) is 0 Å². The third kappa shape index (κ3) is 2.73. The summed E-state index contributed by atoms with van der Waals surface area (Å²) in [5.41, 5.74) is -0.563. The zero-order valence-corrected chi connectivity index (χ0v) is 10.5. The zero-order chi connectivity index (χ0) is 12.4. The van der Waals surface area contributed by atoms with Crippen LogP contribution >= 0.6 is 11.6 Å². The molecule has 5 nitrogen and oxygen atoms in total. The van der Waals surface area contributed by atoms with Crippen LogP contribution in [0.25, 0.3) is 0 Å². The van der Waals surface area contributed by atoms with Gasteiger partial charge in [0.15, 0.2) is 5.79 Å². The van der Waals surface area contributed by atoms with Gasteiger partial charge in [-0.25, -0.2) is 0 Å². The number of rotatable bonds is 3. The van der Waals surface area contributed by atoms with Crippen molar-refractivity contribution in [1.82, 2.24) is 5.32 Å². The Bertz CT molecular complexity index is 281. The smallest absolute Gasteiger partial charge is 0.235 e. The number of carbonyl (C=O) groups is 1. The van der Waals surface area contributed by atoms with Gasteiger partial charge in [-0.05, 0) is 12.8 Å². The standard InChI is InChI=1S/C11H18ClNO4/c12-7-9(15)13-10(8-14)1-3-11(4-2-10)16-5-6-17-11/h14H,1-8H2,(H,13,15). The molecule has 0 aromatic heterocycles. The third-order valence-electron chi connectivity index (χ3n) is 3.61. The number of hydrogen-bond acceptors (Lipinski definition) is 4.